The summed E-state index contributed by atoms with van der Waals surface area (Å²) in [5.41, 5.74) is 0.118. The molecule has 2 N–H and O–H groups in total. The molecule has 2 heterocycles. The fourth-order valence-electron chi connectivity index (χ4n) is 1.89. The number of rotatable bonds is 4. The van der Waals surface area contributed by atoms with Crippen LogP contribution >= 0.6 is 0 Å². The van der Waals surface area contributed by atoms with E-state index in [-0.39, 0.29) is 29.8 Å². The van der Waals surface area contributed by atoms with Gasteiger partial charge in [-0.25, -0.2) is 0 Å². The van der Waals surface area contributed by atoms with Crippen LogP contribution in [0.2, 0.25) is 0 Å². The molecule has 1 atom stereocenters. The van der Waals surface area contributed by atoms with Crippen LogP contribution in [0.3, 0.4) is 0 Å². The van der Waals surface area contributed by atoms with Crippen molar-refractivity contribution in [2.75, 3.05) is 19.6 Å². The monoisotopic (exact) mass is 239 g/mol. The van der Waals surface area contributed by atoms with Gasteiger partial charge >= 0.3 is 0 Å². The molecule has 0 amide bonds. The maximum Gasteiger partial charge on any atom is 0.287 e. The van der Waals surface area contributed by atoms with Gasteiger partial charge in [0.1, 0.15) is 0 Å². The quantitative estimate of drug-likeness (QED) is 0.443. The molecular weight excluding hydrogens is 226 g/mol. The number of ketones is 1. The molecule has 1 unspecified atom stereocenters. The Labute approximate surface area is 97.2 Å². The van der Waals surface area contributed by atoms with Crippen LogP contribution in [0.15, 0.2) is 12.3 Å². The third-order valence-electron chi connectivity index (χ3n) is 2.79. The van der Waals surface area contributed by atoms with Gasteiger partial charge in [-0.15, -0.1) is 0 Å². The number of H-pyrrole nitrogens is 1. The number of hydrogen-bond donors (Lipinski definition) is 2. The van der Waals surface area contributed by atoms with Crippen molar-refractivity contribution >= 4 is 11.5 Å². The van der Waals surface area contributed by atoms with Crippen molar-refractivity contribution in [2.45, 2.75) is 12.5 Å². The number of aliphatic hydroxyl groups excluding tert-OH is 1. The fraction of sp³-hybridized carbons (Fsp3) is 0.500. The van der Waals surface area contributed by atoms with Crippen molar-refractivity contribution in [1.82, 2.24) is 9.88 Å². The smallest absolute Gasteiger partial charge is 0.287 e. The zero-order chi connectivity index (χ0) is 12.4. The van der Waals surface area contributed by atoms with Crippen molar-refractivity contribution in [2.24, 2.45) is 0 Å². The standard InChI is InChI=1S/C10H13N3O4/c14-8-1-2-12(5-8)6-10(15)9-3-7(4-11-9)13(16)17/h3-4,8,11,14H,1-2,5-6H2. The molecule has 0 aromatic carbocycles. The van der Waals surface area contributed by atoms with E-state index in [1.54, 1.807) is 0 Å². The molecule has 1 aliphatic heterocycles. The predicted octanol–water partition coefficient (Wildman–Crippen LogP) is 0.172. The molecule has 0 saturated carbocycles. The number of nitrogens with zero attached hydrogens (tertiary/aromatic N) is 2. The number of nitrogens with one attached hydrogen (secondary N) is 1. The Kier molecular flexibility index (Phi) is 3.21. The average molecular weight is 239 g/mol. The van der Waals surface area contributed by atoms with E-state index in [1.165, 1.54) is 12.3 Å². The maximum absolute atomic E-state index is 11.8. The average Bonchev–Trinajstić information content (AvgIpc) is 2.86. The Bertz CT molecular complexity index is 443. The van der Waals surface area contributed by atoms with E-state index in [9.17, 15) is 20.0 Å². The van der Waals surface area contributed by atoms with Gasteiger partial charge in [-0.2, -0.15) is 0 Å². The highest BCUT2D eigenvalue weighted by Crippen LogP contribution is 2.14. The molecule has 1 saturated heterocycles. The second-order valence-corrected chi connectivity index (χ2v) is 4.13. The number of hydrogen-bond acceptors (Lipinski definition) is 5. The number of carbonyl (C=O) groups is 1. The van der Waals surface area contributed by atoms with Crippen LogP contribution < -0.4 is 0 Å². The minimum Gasteiger partial charge on any atom is -0.392 e. The molecule has 1 aromatic rings. The number of aromatic amines is 1. The van der Waals surface area contributed by atoms with Gasteiger partial charge in [-0.05, 0) is 6.42 Å². The second kappa shape index (κ2) is 4.64. The molecule has 1 aliphatic rings. The summed E-state index contributed by atoms with van der Waals surface area (Å²) in [6, 6.07) is 1.23. The van der Waals surface area contributed by atoms with Gasteiger partial charge in [0, 0.05) is 19.2 Å². The van der Waals surface area contributed by atoms with Gasteiger partial charge in [-0.3, -0.25) is 19.8 Å². The summed E-state index contributed by atoms with van der Waals surface area (Å²) in [5.74, 6) is -0.202. The second-order valence-electron chi connectivity index (χ2n) is 4.13. The minimum atomic E-state index is -0.549. The molecule has 1 aromatic heterocycles. The van der Waals surface area contributed by atoms with Crippen LogP contribution in [-0.4, -0.2) is 51.4 Å². The third-order valence-corrected chi connectivity index (χ3v) is 2.79. The van der Waals surface area contributed by atoms with Gasteiger partial charge in [0.2, 0.25) is 0 Å². The Morgan fingerprint density at radius 3 is 3.00 bits per heavy atom. The summed E-state index contributed by atoms with van der Waals surface area (Å²) in [7, 11) is 0. The first-order chi connectivity index (χ1) is 8.06. The number of nitro groups is 1. The molecule has 7 nitrogen and oxygen atoms in total. The van der Waals surface area contributed by atoms with Crippen LogP contribution in [0.25, 0.3) is 0 Å². The van der Waals surface area contributed by atoms with E-state index in [1.807, 2.05) is 4.90 Å². The van der Waals surface area contributed by atoms with Crippen molar-refractivity contribution in [1.29, 1.82) is 0 Å². The highest BCUT2D eigenvalue weighted by molar-refractivity contribution is 5.96. The third kappa shape index (κ3) is 2.69. The first kappa shape index (κ1) is 11.7. The Morgan fingerprint density at radius 2 is 2.47 bits per heavy atom. The van der Waals surface area contributed by atoms with E-state index in [4.69, 9.17) is 0 Å². The lowest BCUT2D eigenvalue weighted by molar-refractivity contribution is -0.384. The summed E-state index contributed by atoms with van der Waals surface area (Å²) < 4.78 is 0. The zero-order valence-electron chi connectivity index (χ0n) is 9.13. The minimum absolute atomic E-state index is 0.116. The molecule has 1 fully saturated rings. The van der Waals surface area contributed by atoms with Crippen LogP contribution in [0.1, 0.15) is 16.9 Å². The van der Waals surface area contributed by atoms with Gasteiger partial charge < -0.3 is 10.1 Å². The first-order valence-corrected chi connectivity index (χ1v) is 5.32. The van der Waals surface area contributed by atoms with E-state index >= 15 is 0 Å². The molecule has 17 heavy (non-hydrogen) atoms. The Morgan fingerprint density at radius 1 is 1.71 bits per heavy atom. The number of likely N-dealkylation sites (tertiary alicyclic amines) is 1. The Hall–Kier alpha value is -1.73. The summed E-state index contributed by atoms with van der Waals surface area (Å²) in [4.78, 5) is 26.1. The number of carbonyl (C=O) groups excluding carboxylic acids is 1. The van der Waals surface area contributed by atoms with Gasteiger partial charge in [0.15, 0.2) is 5.78 Å². The van der Waals surface area contributed by atoms with Crippen molar-refractivity contribution in [3.05, 3.63) is 28.1 Å². The molecule has 0 spiro atoms. The summed E-state index contributed by atoms with van der Waals surface area (Å²) in [6.07, 6.45) is 1.49. The van der Waals surface area contributed by atoms with Gasteiger partial charge in [0.25, 0.3) is 5.69 Å². The maximum atomic E-state index is 11.8. The van der Waals surface area contributed by atoms with Gasteiger partial charge in [0.05, 0.1) is 29.5 Å². The number of β-amino-alcohol motifs (C(OH)–C–C–N with tert-alkyl or cyclic N) is 1. The normalized spacial score (nSPS) is 20.6. The highest BCUT2D eigenvalue weighted by atomic mass is 16.6. The van der Waals surface area contributed by atoms with E-state index < -0.39 is 4.92 Å². The van der Waals surface area contributed by atoms with E-state index in [2.05, 4.69) is 4.98 Å². The van der Waals surface area contributed by atoms with Crippen molar-refractivity contribution < 1.29 is 14.8 Å². The lowest BCUT2D eigenvalue weighted by atomic mass is 10.2. The molecule has 7 heteroatoms. The van der Waals surface area contributed by atoms with Crippen molar-refractivity contribution in [3.8, 4) is 0 Å². The molecule has 0 radical (unpaired) electrons. The zero-order valence-corrected chi connectivity index (χ0v) is 9.13. The first-order valence-electron chi connectivity index (χ1n) is 5.32. The summed E-state index contributed by atoms with van der Waals surface area (Å²) in [5, 5.41) is 19.8. The van der Waals surface area contributed by atoms with E-state index in [0.717, 1.165) is 0 Å². The summed E-state index contributed by atoms with van der Waals surface area (Å²) >= 11 is 0. The van der Waals surface area contributed by atoms with Gasteiger partial charge in [-0.1, -0.05) is 0 Å². The highest BCUT2D eigenvalue weighted by Gasteiger charge is 2.23. The topological polar surface area (TPSA) is 99.5 Å². The molecule has 92 valence electrons. The van der Waals surface area contributed by atoms with Crippen molar-refractivity contribution in [3.63, 3.8) is 0 Å². The SMILES string of the molecule is O=C(CN1CCC(O)C1)c1cc([N+](=O)[O-])c[nH]1. The van der Waals surface area contributed by atoms with Crippen LogP contribution in [-0.2, 0) is 0 Å². The predicted molar refractivity (Wildman–Crippen MR) is 58.8 cm³/mol. The molecule has 2 rings (SSSR count). The van der Waals surface area contributed by atoms with Crippen LogP contribution in [0, 0.1) is 10.1 Å². The van der Waals surface area contributed by atoms with E-state index in [0.29, 0.717) is 19.5 Å². The molecule has 0 aliphatic carbocycles. The van der Waals surface area contributed by atoms with Crippen LogP contribution in [0.5, 0.6) is 0 Å². The molecular formula is C10H13N3O4. The largest absolute Gasteiger partial charge is 0.392 e. The number of aliphatic hydroxyl groups is 1. The molecule has 0 bridgehead atoms. The number of Topliss-reactive ketones (excluding diaryl/α,β-unsaturated/α-hetero) is 1. The lowest BCUT2D eigenvalue weighted by Gasteiger charge is -2.12. The lowest BCUT2D eigenvalue weighted by Crippen LogP contribution is -2.28. The van der Waals surface area contributed by atoms with Crippen LogP contribution in [0.4, 0.5) is 5.69 Å². The fourth-order valence-corrected chi connectivity index (χ4v) is 1.89. The number of aromatic nitrogens is 1. The Balaban J connectivity index is 1.97. The summed E-state index contributed by atoms with van der Waals surface area (Å²) in [6.45, 7) is 1.33.